The van der Waals surface area contributed by atoms with E-state index in [2.05, 4.69) is 4.72 Å². The molecule has 3 N–H and O–H groups in total. The maximum Gasteiger partial charge on any atom is 0.214 e. The predicted octanol–water partition coefficient (Wildman–Crippen LogP) is 0.212. The van der Waals surface area contributed by atoms with Crippen LogP contribution in [-0.2, 0) is 14.8 Å². The molecule has 0 aromatic heterocycles. The first-order valence-electron chi connectivity index (χ1n) is 5.88. The summed E-state index contributed by atoms with van der Waals surface area (Å²) in [6.45, 7) is 3.09. The first-order valence-corrected chi connectivity index (χ1v) is 7.53. The molecule has 0 bridgehead atoms. The van der Waals surface area contributed by atoms with Crippen LogP contribution < -0.4 is 10.5 Å². The monoisotopic (exact) mass is 250 g/mol. The fraction of sp³-hybridized carbons (Fsp3) is 1.00. The quantitative estimate of drug-likeness (QED) is 0.677. The molecule has 0 radical (unpaired) electrons. The third-order valence-electron chi connectivity index (χ3n) is 2.79. The van der Waals surface area contributed by atoms with E-state index in [1.807, 2.05) is 6.92 Å². The lowest BCUT2D eigenvalue weighted by atomic mass is 10.2. The molecule has 16 heavy (non-hydrogen) atoms. The van der Waals surface area contributed by atoms with Crippen LogP contribution in [0.2, 0.25) is 0 Å². The van der Waals surface area contributed by atoms with Gasteiger partial charge in [-0.2, -0.15) is 0 Å². The van der Waals surface area contributed by atoms with Gasteiger partial charge in [0, 0.05) is 19.2 Å². The molecule has 1 aliphatic rings. The molecule has 0 aromatic carbocycles. The van der Waals surface area contributed by atoms with Crippen LogP contribution >= 0.6 is 0 Å². The molecular formula is C10H22N2O3S. The van der Waals surface area contributed by atoms with Gasteiger partial charge in [0.05, 0.1) is 11.9 Å². The van der Waals surface area contributed by atoms with Crippen molar-refractivity contribution in [1.29, 1.82) is 0 Å². The molecule has 2 atom stereocenters. The zero-order valence-corrected chi connectivity index (χ0v) is 10.6. The van der Waals surface area contributed by atoms with E-state index in [0.29, 0.717) is 19.6 Å². The van der Waals surface area contributed by atoms with Crippen LogP contribution in [0.15, 0.2) is 0 Å². The molecule has 1 heterocycles. The van der Waals surface area contributed by atoms with E-state index in [4.69, 9.17) is 10.5 Å². The molecule has 2 unspecified atom stereocenters. The van der Waals surface area contributed by atoms with Crippen molar-refractivity contribution in [1.82, 2.24) is 4.72 Å². The second-order valence-corrected chi connectivity index (χ2v) is 6.12. The summed E-state index contributed by atoms with van der Waals surface area (Å²) in [4.78, 5) is 0. The Kier molecular flexibility index (Phi) is 5.68. The van der Waals surface area contributed by atoms with Crippen molar-refractivity contribution in [3.05, 3.63) is 0 Å². The van der Waals surface area contributed by atoms with E-state index >= 15 is 0 Å². The van der Waals surface area contributed by atoms with E-state index < -0.39 is 10.0 Å². The van der Waals surface area contributed by atoms with Crippen LogP contribution in [0.25, 0.3) is 0 Å². The number of hydrogen-bond acceptors (Lipinski definition) is 4. The van der Waals surface area contributed by atoms with Gasteiger partial charge in [-0.3, -0.25) is 0 Å². The minimum absolute atomic E-state index is 0.0745. The molecule has 0 aromatic rings. The van der Waals surface area contributed by atoms with E-state index in [-0.39, 0.29) is 17.9 Å². The Morgan fingerprint density at radius 3 is 2.88 bits per heavy atom. The van der Waals surface area contributed by atoms with Gasteiger partial charge in [-0.25, -0.2) is 13.1 Å². The largest absolute Gasteiger partial charge is 0.377 e. The van der Waals surface area contributed by atoms with Gasteiger partial charge in [-0.05, 0) is 25.7 Å². The molecule has 0 aliphatic carbocycles. The average Bonchev–Trinajstić information content (AvgIpc) is 2.69. The highest BCUT2D eigenvalue weighted by molar-refractivity contribution is 7.89. The minimum Gasteiger partial charge on any atom is -0.377 e. The maximum atomic E-state index is 11.6. The van der Waals surface area contributed by atoms with E-state index in [9.17, 15) is 8.42 Å². The topological polar surface area (TPSA) is 81.4 Å². The van der Waals surface area contributed by atoms with Crippen LogP contribution in [0.3, 0.4) is 0 Å². The van der Waals surface area contributed by atoms with Crippen molar-refractivity contribution in [2.45, 2.75) is 44.8 Å². The van der Waals surface area contributed by atoms with E-state index in [0.717, 1.165) is 19.3 Å². The summed E-state index contributed by atoms with van der Waals surface area (Å²) in [5.74, 6) is 0.0777. The Labute approximate surface area is 97.8 Å². The lowest BCUT2D eigenvalue weighted by Crippen LogP contribution is -2.34. The van der Waals surface area contributed by atoms with Gasteiger partial charge in [0.15, 0.2) is 0 Å². The molecule has 5 nitrogen and oxygen atoms in total. The molecule has 0 saturated carbocycles. The lowest BCUT2D eigenvalue weighted by Gasteiger charge is -2.12. The van der Waals surface area contributed by atoms with Gasteiger partial charge in [0.25, 0.3) is 0 Å². The summed E-state index contributed by atoms with van der Waals surface area (Å²) in [7, 11) is -3.20. The molecule has 1 rings (SSSR count). The van der Waals surface area contributed by atoms with Gasteiger partial charge in [-0.15, -0.1) is 0 Å². The zero-order valence-electron chi connectivity index (χ0n) is 9.81. The van der Waals surface area contributed by atoms with Crippen LogP contribution in [0, 0.1) is 0 Å². The van der Waals surface area contributed by atoms with Crippen molar-refractivity contribution in [2.24, 2.45) is 5.73 Å². The number of sulfonamides is 1. The first kappa shape index (κ1) is 13.9. The molecule has 1 fully saturated rings. The molecule has 0 spiro atoms. The average molecular weight is 250 g/mol. The molecule has 1 aliphatic heterocycles. The Morgan fingerprint density at radius 2 is 2.31 bits per heavy atom. The third kappa shape index (κ3) is 5.25. The third-order valence-corrected chi connectivity index (χ3v) is 4.25. The van der Waals surface area contributed by atoms with E-state index in [1.54, 1.807) is 0 Å². The summed E-state index contributed by atoms with van der Waals surface area (Å²) in [5.41, 5.74) is 5.71. The zero-order chi connectivity index (χ0) is 12.0. The van der Waals surface area contributed by atoms with Crippen LogP contribution in [0.1, 0.15) is 32.6 Å². The van der Waals surface area contributed by atoms with Crippen LogP contribution in [-0.4, -0.2) is 39.5 Å². The Balaban J connectivity index is 2.23. The summed E-state index contributed by atoms with van der Waals surface area (Å²) in [6.07, 6.45) is 3.22. The van der Waals surface area contributed by atoms with Crippen molar-refractivity contribution in [3.8, 4) is 0 Å². The van der Waals surface area contributed by atoms with Crippen molar-refractivity contribution in [3.63, 3.8) is 0 Å². The molecular weight excluding hydrogens is 228 g/mol. The van der Waals surface area contributed by atoms with Crippen molar-refractivity contribution < 1.29 is 13.2 Å². The number of nitrogens with two attached hydrogens (primary N) is 1. The summed E-state index contributed by atoms with van der Waals surface area (Å²) in [6, 6.07) is 0.0745. The smallest absolute Gasteiger partial charge is 0.214 e. The normalized spacial score (nSPS) is 23.5. The number of nitrogens with one attached hydrogen (secondary N) is 1. The standard InChI is InChI=1S/C10H22N2O3S/c1-2-9(11)5-6-12-16(13,14)8-10-4-3-7-15-10/h9-10,12H,2-8,11H2,1H3. The van der Waals surface area contributed by atoms with Crippen LogP contribution in [0.4, 0.5) is 0 Å². The SMILES string of the molecule is CCC(N)CCNS(=O)(=O)CC1CCCO1. The minimum atomic E-state index is -3.20. The second kappa shape index (κ2) is 6.54. The number of hydrogen-bond donors (Lipinski definition) is 2. The number of ether oxygens (including phenoxy) is 1. The Bertz CT molecular complexity index is 286. The lowest BCUT2D eigenvalue weighted by molar-refractivity contribution is 0.127. The van der Waals surface area contributed by atoms with Gasteiger partial charge in [0.1, 0.15) is 0 Å². The molecule has 96 valence electrons. The highest BCUT2D eigenvalue weighted by atomic mass is 32.2. The Hall–Kier alpha value is -0.170. The van der Waals surface area contributed by atoms with Gasteiger partial charge < -0.3 is 10.5 Å². The fourth-order valence-electron chi connectivity index (χ4n) is 1.68. The molecule has 1 saturated heterocycles. The maximum absolute atomic E-state index is 11.6. The van der Waals surface area contributed by atoms with Gasteiger partial charge in [-0.1, -0.05) is 6.92 Å². The van der Waals surface area contributed by atoms with Crippen molar-refractivity contribution >= 4 is 10.0 Å². The van der Waals surface area contributed by atoms with Crippen molar-refractivity contribution in [2.75, 3.05) is 18.9 Å². The number of rotatable bonds is 7. The van der Waals surface area contributed by atoms with Gasteiger partial charge >= 0.3 is 0 Å². The second-order valence-electron chi connectivity index (χ2n) is 4.27. The summed E-state index contributed by atoms with van der Waals surface area (Å²) in [5, 5.41) is 0. The molecule has 6 heteroatoms. The highest BCUT2D eigenvalue weighted by Gasteiger charge is 2.22. The highest BCUT2D eigenvalue weighted by Crippen LogP contribution is 2.13. The predicted molar refractivity (Wildman–Crippen MR) is 63.6 cm³/mol. The first-order chi connectivity index (χ1) is 7.53. The summed E-state index contributed by atoms with van der Waals surface area (Å²) < 4.78 is 31.1. The summed E-state index contributed by atoms with van der Waals surface area (Å²) >= 11 is 0. The van der Waals surface area contributed by atoms with E-state index in [1.165, 1.54) is 0 Å². The van der Waals surface area contributed by atoms with Crippen LogP contribution in [0.5, 0.6) is 0 Å². The Morgan fingerprint density at radius 1 is 1.56 bits per heavy atom. The van der Waals surface area contributed by atoms with Gasteiger partial charge in [0.2, 0.25) is 10.0 Å². The molecule has 0 amide bonds. The fourth-order valence-corrected chi connectivity index (χ4v) is 2.98.